The quantitative estimate of drug-likeness (QED) is 0.567. The van der Waals surface area contributed by atoms with E-state index in [1.165, 1.54) is 12.1 Å². The number of nitrogens with one attached hydrogen (secondary N) is 1. The number of ether oxygens (including phenoxy) is 1. The van der Waals surface area contributed by atoms with Gasteiger partial charge in [-0.05, 0) is 45.8 Å². The summed E-state index contributed by atoms with van der Waals surface area (Å²) in [6.45, 7) is 0.353. The molecule has 2 aromatic rings. The van der Waals surface area contributed by atoms with Crippen molar-refractivity contribution in [3.05, 3.63) is 62.6 Å². The first-order valence-electron chi connectivity index (χ1n) is 6.63. The monoisotopic (exact) mass is 379 g/mol. The molecule has 0 atom stereocenters. The summed E-state index contributed by atoms with van der Waals surface area (Å²) in [5.74, 6) is -0.0105. The molecule has 0 bridgehead atoms. The lowest BCUT2D eigenvalue weighted by molar-refractivity contribution is -0.384. The fourth-order valence-electron chi connectivity index (χ4n) is 1.83. The highest BCUT2D eigenvalue weighted by Gasteiger charge is 2.06. The number of nitro benzene ring substituents is 1. The highest BCUT2D eigenvalue weighted by molar-refractivity contribution is 9.10. The number of benzene rings is 2. The van der Waals surface area contributed by atoms with Crippen LogP contribution in [0.2, 0.25) is 0 Å². The van der Waals surface area contributed by atoms with Crippen LogP contribution in [0.25, 0.3) is 0 Å². The lowest BCUT2D eigenvalue weighted by atomic mass is 10.2. The van der Waals surface area contributed by atoms with E-state index < -0.39 is 10.8 Å². The Hall–Kier alpha value is -2.61. The molecule has 0 aliphatic carbocycles. The molecule has 2 aromatic carbocycles. The Kier molecular flexibility index (Phi) is 5.53. The molecular formula is C15H14BrN3O4. The minimum absolute atomic E-state index is 0.0502. The van der Waals surface area contributed by atoms with Crippen LogP contribution < -0.4 is 15.8 Å². The summed E-state index contributed by atoms with van der Waals surface area (Å²) in [5.41, 5.74) is 6.83. The SMILES string of the molecule is NC(=O)COc1ccc(CNc2ccc([N+](=O)[O-])cc2)cc1Br. The second-order valence-corrected chi connectivity index (χ2v) is 5.53. The summed E-state index contributed by atoms with van der Waals surface area (Å²) in [5, 5.41) is 13.8. The first kappa shape index (κ1) is 16.8. The molecular weight excluding hydrogens is 366 g/mol. The van der Waals surface area contributed by atoms with Crippen LogP contribution in [0.4, 0.5) is 11.4 Å². The number of hydrogen-bond acceptors (Lipinski definition) is 5. The number of primary amides is 1. The van der Waals surface area contributed by atoms with Crippen LogP contribution in [0.1, 0.15) is 5.56 Å². The van der Waals surface area contributed by atoms with Crippen LogP contribution in [0.3, 0.4) is 0 Å². The smallest absolute Gasteiger partial charge is 0.269 e. The highest BCUT2D eigenvalue weighted by Crippen LogP contribution is 2.26. The Morgan fingerprint density at radius 1 is 1.26 bits per heavy atom. The molecule has 0 aliphatic rings. The van der Waals surface area contributed by atoms with Crippen molar-refractivity contribution in [3.63, 3.8) is 0 Å². The van der Waals surface area contributed by atoms with Crippen molar-refractivity contribution >= 4 is 33.2 Å². The molecule has 0 aromatic heterocycles. The maximum Gasteiger partial charge on any atom is 0.269 e. The normalized spacial score (nSPS) is 10.1. The second kappa shape index (κ2) is 7.59. The van der Waals surface area contributed by atoms with E-state index in [0.29, 0.717) is 16.8 Å². The molecule has 0 saturated carbocycles. The molecule has 0 unspecified atom stereocenters. The number of nitrogens with zero attached hydrogens (tertiary/aromatic N) is 1. The summed E-state index contributed by atoms with van der Waals surface area (Å²) in [4.78, 5) is 20.9. The molecule has 0 spiro atoms. The fourth-order valence-corrected chi connectivity index (χ4v) is 2.37. The third kappa shape index (κ3) is 4.96. The van der Waals surface area contributed by atoms with Gasteiger partial charge in [-0.3, -0.25) is 14.9 Å². The number of halogens is 1. The summed E-state index contributed by atoms with van der Waals surface area (Å²) >= 11 is 3.37. The van der Waals surface area contributed by atoms with Crippen molar-refractivity contribution in [2.75, 3.05) is 11.9 Å². The molecule has 0 radical (unpaired) electrons. The predicted molar refractivity (Wildman–Crippen MR) is 89.3 cm³/mol. The average molecular weight is 380 g/mol. The summed E-state index contributed by atoms with van der Waals surface area (Å²) in [6, 6.07) is 11.6. The van der Waals surface area contributed by atoms with Gasteiger partial charge in [0.25, 0.3) is 11.6 Å². The first-order valence-corrected chi connectivity index (χ1v) is 7.43. The van der Waals surface area contributed by atoms with Gasteiger partial charge in [-0.25, -0.2) is 0 Å². The van der Waals surface area contributed by atoms with Crippen molar-refractivity contribution in [3.8, 4) is 5.75 Å². The Labute approximate surface area is 140 Å². The van der Waals surface area contributed by atoms with Gasteiger partial charge in [0.15, 0.2) is 6.61 Å². The minimum atomic E-state index is -0.541. The maximum absolute atomic E-state index is 10.7. The lowest BCUT2D eigenvalue weighted by Gasteiger charge is -2.10. The number of non-ortho nitro benzene ring substituents is 1. The molecule has 23 heavy (non-hydrogen) atoms. The standard InChI is InChI=1S/C15H14BrN3O4/c16-13-7-10(1-6-14(13)23-9-15(17)20)8-18-11-2-4-12(5-3-11)19(21)22/h1-7,18H,8-9H2,(H2,17,20). The number of carbonyl (C=O) groups is 1. The van der Waals surface area contributed by atoms with Gasteiger partial charge < -0.3 is 15.8 Å². The predicted octanol–water partition coefficient (Wildman–Crippen LogP) is 2.83. The van der Waals surface area contributed by atoms with Gasteiger partial charge in [0.2, 0.25) is 0 Å². The third-order valence-corrected chi connectivity index (χ3v) is 3.56. The van der Waals surface area contributed by atoms with E-state index >= 15 is 0 Å². The van der Waals surface area contributed by atoms with Gasteiger partial charge in [0.1, 0.15) is 5.75 Å². The third-order valence-electron chi connectivity index (χ3n) is 2.94. The van der Waals surface area contributed by atoms with E-state index in [1.807, 2.05) is 12.1 Å². The van der Waals surface area contributed by atoms with Gasteiger partial charge in [0, 0.05) is 24.4 Å². The Balaban J connectivity index is 1.96. The van der Waals surface area contributed by atoms with Crippen LogP contribution in [-0.4, -0.2) is 17.4 Å². The van der Waals surface area contributed by atoms with Gasteiger partial charge in [-0.2, -0.15) is 0 Å². The van der Waals surface area contributed by atoms with Gasteiger partial charge >= 0.3 is 0 Å². The number of amides is 1. The molecule has 0 saturated heterocycles. The first-order chi connectivity index (χ1) is 11.0. The molecule has 7 nitrogen and oxygen atoms in total. The van der Waals surface area contributed by atoms with E-state index in [1.54, 1.807) is 18.2 Å². The van der Waals surface area contributed by atoms with E-state index in [4.69, 9.17) is 10.5 Å². The topological polar surface area (TPSA) is 107 Å². The zero-order valence-electron chi connectivity index (χ0n) is 12.0. The van der Waals surface area contributed by atoms with Crippen LogP contribution in [0.15, 0.2) is 46.9 Å². The number of anilines is 1. The number of hydrogen-bond donors (Lipinski definition) is 2. The van der Waals surface area contributed by atoms with E-state index in [9.17, 15) is 14.9 Å². The van der Waals surface area contributed by atoms with Crippen molar-refractivity contribution in [1.29, 1.82) is 0 Å². The maximum atomic E-state index is 10.7. The van der Waals surface area contributed by atoms with Crippen molar-refractivity contribution in [1.82, 2.24) is 0 Å². The van der Waals surface area contributed by atoms with Crippen molar-refractivity contribution in [2.45, 2.75) is 6.54 Å². The molecule has 8 heteroatoms. The van der Waals surface area contributed by atoms with Crippen molar-refractivity contribution < 1.29 is 14.5 Å². The Bertz CT molecular complexity index is 719. The summed E-state index contributed by atoms with van der Waals surface area (Å²) in [6.07, 6.45) is 0. The van der Waals surface area contributed by atoms with Gasteiger partial charge in [-0.1, -0.05) is 6.07 Å². The minimum Gasteiger partial charge on any atom is -0.483 e. The van der Waals surface area contributed by atoms with E-state index in [0.717, 1.165) is 11.3 Å². The summed E-state index contributed by atoms with van der Waals surface area (Å²) in [7, 11) is 0. The molecule has 1 amide bonds. The Morgan fingerprint density at radius 3 is 2.52 bits per heavy atom. The molecule has 2 rings (SSSR count). The zero-order valence-corrected chi connectivity index (χ0v) is 13.6. The van der Waals surface area contributed by atoms with Crippen LogP contribution >= 0.6 is 15.9 Å². The number of nitrogens with two attached hydrogens (primary N) is 1. The van der Waals surface area contributed by atoms with Crippen molar-refractivity contribution in [2.24, 2.45) is 5.73 Å². The molecule has 3 N–H and O–H groups in total. The van der Waals surface area contributed by atoms with Gasteiger partial charge in [-0.15, -0.1) is 0 Å². The van der Waals surface area contributed by atoms with E-state index in [-0.39, 0.29) is 12.3 Å². The molecule has 0 heterocycles. The Morgan fingerprint density at radius 2 is 1.96 bits per heavy atom. The lowest BCUT2D eigenvalue weighted by Crippen LogP contribution is -2.20. The van der Waals surface area contributed by atoms with Crippen LogP contribution in [0.5, 0.6) is 5.75 Å². The molecule has 0 aliphatic heterocycles. The number of carbonyl (C=O) groups excluding carboxylic acids is 1. The highest BCUT2D eigenvalue weighted by atomic mass is 79.9. The number of rotatable bonds is 7. The molecule has 0 fully saturated rings. The molecule has 120 valence electrons. The van der Waals surface area contributed by atoms with Crippen LogP contribution in [0, 0.1) is 10.1 Å². The number of nitro groups is 1. The van der Waals surface area contributed by atoms with Gasteiger partial charge in [0.05, 0.1) is 9.40 Å². The largest absolute Gasteiger partial charge is 0.483 e. The zero-order chi connectivity index (χ0) is 16.8. The average Bonchev–Trinajstić information content (AvgIpc) is 2.52. The van der Waals surface area contributed by atoms with Crippen LogP contribution in [-0.2, 0) is 11.3 Å². The fraction of sp³-hybridized carbons (Fsp3) is 0.133. The second-order valence-electron chi connectivity index (χ2n) is 4.68. The summed E-state index contributed by atoms with van der Waals surface area (Å²) < 4.78 is 5.96. The van der Waals surface area contributed by atoms with E-state index in [2.05, 4.69) is 21.2 Å².